The molecule has 1 aromatic carbocycles. The van der Waals surface area contributed by atoms with E-state index in [-0.39, 0.29) is 11.8 Å². The lowest BCUT2D eigenvalue weighted by molar-refractivity contribution is -0.130. The van der Waals surface area contributed by atoms with Gasteiger partial charge >= 0.3 is 0 Å². The van der Waals surface area contributed by atoms with E-state index >= 15 is 0 Å². The number of anilines is 1. The second-order valence-electron chi connectivity index (χ2n) is 6.16. The third kappa shape index (κ3) is 3.61. The Morgan fingerprint density at radius 2 is 2.00 bits per heavy atom. The standard InChI is InChI=1S/C18H20N4O2S/c1-10-5-6-13(11(2)9-10)16-12(3)25-18(19-16)20-17(24)14-7-8-15(23)22(4)21-14/h5-6,9H,7-8H2,1-4H3,(H,19,20,24). The lowest BCUT2D eigenvalue weighted by atomic mass is 10.0. The fraction of sp³-hybridized carbons (Fsp3) is 0.333. The molecule has 0 spiro atoms. The number of hydrogen-bond acceptors (Lipinski definition) is 5. The number of carbonyl (C=O) groups is 2. The fourth-order valence-electron chi connectivity index (χ4n) is 2.78. The number of hydrogen-bond donors (Lipinski definition) is 1. The van der Waals surface area contributed by atoms with Crippen molar-refractivity contribution >= 4 is 34.0 Å². The van der Waals surface area contributed by atoms with Gasteiger partial charge in [-0.1, -0.05) is 23.8 Å². The van der Waals surface area contributed by atoms with Crippen molar-refractivity contribution in [2.45, 2.75) is 33.6 Å². The van der Waals surface area contributed by atoms with E-state index in [1.807, 2.05) is 6.92 Å². The van der Waals surface area contributed by atoms with Crippen LogP contribution in [0.4, 0.5) is 5.13 Å². The van der Waals surface area contributed by atoms with Gasteiger partial charge in [-0.05, 0) is 26.3 Å². The van der Waals surface area contributed by atoms with Gasteiger partial charge < -0.3 is 0 Å². The van der Waals surface area contributed by atoms with Crippen LogP contribution in [0.5, 0.6) is 0 Å². The van der Waals surface area contributed by atoms with Gasteiger partial charge in [0.05, 0.1) is 5.69 Å². The van der Waals surface area contributed by atoms with Crippen LogP contribution < -0.4 is 5.32 Å². The molecule has 1 aromatic heterocycles. The van der Waals surface area contributed by atoms with Crippen molar-refractivity contribution in [1.29, 1.82) is 0 Å². The van der Waals surface area contributed by atoms with Gasteiger partial charge in [-0.25, -0.2) is 9.99 Å². The average molecular weight is 356 g/mol. The van der Waals surface area contributed by atoms with Crippen LogP contribution in [-0.4, -0.2) is 34.6 Å². The van der Waals surface area contributed by atoms with E-state index in [9.17, 15) is 9.59 Å². The quantitative estimate of drug-likeness (QED) is 0.917. The van der Waals surface area contributed by atoms with Crippen molar-refractivity contribution in [1.82, 2.24) is 9.99 Å². The lowest BCUT2D eigenvalue weighted by Crippen LogP contribution is -2.34. The first-order chi connectivity index (χ1) is 11.8. The SMILES string of the molecule is Cc1ccc(-c2nc(NC(=O)C3=NN(C)C(=O)CC3)sc2C)c(C)c1. The molecule has 1 aliphatic rings. The first kappa shape index (κ1) is 17.3. The van der Waals surface area contributed by atoms with E-state index in [1.54, 1.807) is 7.05 Å². The number of nitrogens with one attached hydrogen (secondary N) is 1. The van der Waals surface area contributed by atoms with E-state index in [1.165, 1.54) is 21.9 Å². The summed E-state index contributed by atoms with van der Waals surface area (Å²) in [5, 5.41) is 8.60. The Hall–Kier alpha value is -2.54. The van der Waals surface area contributed by atoms with E-state index in [0.717, 1.165) is 21.7 Å². The minimum Gasteiger partial charge on any atom is -0.297 e. The maximum absolute atomic E-state index is 12.4. The molecule has 130 valence electrons. The smallest absolute Gasteiger partial charge is 0.273 e. The maximum Gasteiger partial charge on any atom is 0.273 e. The number of nitrogens with zero attached hydrogens (tertiary/aromatic N) is 3. The van der Waals surface area contributed by atoms with Crippen LogP contribution >= 0.6 is 11.3 Å². The molecular weight excluding hydrogens is 336 g/mol. The second kappa shape index (κ2) is 6.76. The van der Waals surface area contributed by atoms with Crippen LogP contribution in [-0.2, 0) is 9.59 Å². The summed E-state index contributed by atoms with van der Waals surface area (Å²) in [6.07, 6.45) is 0.650. The Morgan fingerprint density at radius 1 is 1.24 bits per heavy atom. The summed E-state index contributed by atoms with van der Waals surface area (Å²) in [6.45, 7) is 6.11. The Labute approximate surface area is 150 Å². The van der Waals surface area contributed by atoms with E-state index < -0.39 is 0 Å². The molecule has 2 heterocycles. The van der Waals surface area contributed by atoms with Crippen LogP contribution in [0, 0.1) is 20.8 Å². The topological polar surface area (TPSA) is 74.7 Å². The molecule has 0 aliphatic carbocycles. The average Bonchev–Trinajstić information content (AvgIpc) is 2.90. The normalized spacial score (nSPS) is 14.5. The number of hydrazone groups is 1. The molecule has 1 N–H and O–H groups in total. The van der Waals surface area contributed by atoms with Crippen LogP contribution in [0.1, 0.15) is 28.8 Å². The van der Waals surface area contributed by atoms with E-state index in [0.29, 0.717) is 23.7 Å². The zero-order valence-corrected chi connectivity index (χ0v) is 15.5. The van der Waals surface area contributed by atoms with Crippen molar-refractivity contribution < 1.29 is 9.59 Å². The zero-order valence-electron chi connectivity index (χ0n) is 14.7. The van der Waals surface area contributed by atoms with Crippen LogP contribution in [0.25, 0.3) is 11.3 Å². The molecule has 25 heavy (non-hydrogen) atoms. The van der Waals surface area contributed by atoms with Crippen LogP contribution in [0.15, 0.2) is 23.3 Å². The largest absolute Gasteiger partial charge is 0.297 e. The fourth-order valence-corrected chi connectivity index (χ4v) is 3.60. The molecule has 0 radical (unpaired) electrons. The van der Waals surface area contributed by atoms with Gasteiger partial charge in [0, 0.05) is 30.3 Å². The Balaban J connectivity index is 1.82. The van der Waals surface area contributed by atoms with Crippen molar-refractivity contribution in [3.05, 3.63) is 34.2 Å². The summed E-state index contributed by atoms with van der Waals surface area (Å²) in [6, 6.07) is 6.24. The summed E-state index contributed by atoms with van der Waals surface area (Å²) in [7, 11) is 1.56. The minimum atomic E-state index is -0.305. The molecule has 0 saturated carbocycles. The summed E-state index contributed by atoms with van der Waals surface area (Å²) in [4.78, 5) is 29.5. The number of rotatable bonds is 3. The molecule has 1 aliphatic heterocycles. The molecular formula is C18H20N4O2S. The second-order valence-corrected chi connectivity index (χ2v) is 7.36. The van der Waals surface area contributed by atoms with Gasteiger partial charge in [0.2, 0.25) is 5.91 Å². The number of aromatic nitrogens is 1. The van der Waals surface area contributed by atoms with Crippen LogP contribution in [0.3, 0.4) is 0 Å². The molecule has 7 heteroatoms. The molecule has 0 atom stereocenters. The van der Waals surface area contributed by atoms with Crippen LogP contribution in [0.2, 0.25) is 0 Å². The highest BCUT2D eigenvalue weighted by Gasteiger charge is 2.23. The first-order valence-corrected chi connectivity index (χ1v) is 8.87. The van der Waals surface area contributed by atoms with Crippen molar-refractivity contribution in [3.63, 3.8) is 0 Å². The number of carbonyl (C=O) groups excluding carboxylic acids is 2. The third-order valence-corrected chi connectivity index (χ3v) is 5.01. The van der Waals surface area contributed by atoms with Gasteiger partial charge in [-0.3, -0.25) is 14.9 Å². The molecule has 0 bridgehead atoms. The van der Waals surface area contributed by atoms with Gasteiger partial charge in [0.15, 0.2) is 5.13 Å². The molecule has 0 unspecified atom stereocenters. The highest BCUT2D eigenvalue weighted by atomic mass is 32.1. The Bertz CT molecular complexity index is 885. The van der Waals surface area contributed by atoms with Gasteiger partial charge in [-0.2, -0.15) is 5.10 Å². The van der Waals surface area contributed by atoms with Gasteiger partial charge in [0.1, 0.15) is 5.71 Å². The van der Waals surface area contributed by atoms with E-state index in [4.69, 9.17) is 0 Å². The predicted molar refractivity (Wildman–Crippen MR) is 99.8 cm³/mol. The summed E-state index contributed by atoms with van der Waals surface area (Å²) in [5.41, 5.74) is 4.67. The van der Waals surface area contributed by atoms with Crippen molar-refractivity contribution in [2.75, 3.05) is 12.4 Å². The van der Waals surface area contributed by atoms with Crippen molar-refractivity contribution in [2.24, 2.45) is 5.10 Å². The number of amides is 2. The molecule has 6 nitrogen and oxygen atoms in total. The van der Waals surface area contributed by atoms with Gasteiger partial charge in [-0.15, -0.1) is 11.3 Å². The summed E-state index contributed by atoms with van der Waals surface area (Å²) in [5.74, 6) is -0.390. The monoisotopic (exact) mass is 356 g/mol. The summed E-state index contributed by atoms with van der Waals surface area (Å²) >= 11 is 1.44. The Morgan fingerprint density at radius 3 is 2.68 bits per heavy atom. The minimum absolute atomic E-state index is 0.0845. The molecule has 0 fully saturated rings. The predicted octanol–water partition coefficient (Wildman–Crippen LogP) is 3.28. The first-order valence-electron chi connectivity index (χ1n) is 8.05. The highest BCUT2D eigenvalue weighted by Crippen LogP contribution is 2.32. The third-order valence-electron chi connectivity index (χ3n) is 4.12. The van der Waals surface area contributed by atoms with Gasteiger partial charge in [0.25, 0.3) is 5.91 Å². The number of thiazole rings is 1. The summed E-state index contributed by atoms with van der Waals surface area (Å²) < 4.78 is 0. The lowest BCUT2D eigenvalue weighted by Gasteiger charge is -2.18. The van der Waals surface area contributed by atoms with Crippen molar-refractivity contribution in [3.8, 4) is 11.3 Å². The Kier molecular flexibility index (Phi) is 4.67. The molecule has 3 rings (SSSR count). The molecule has 2 amide bonds. The van der Waals surface area contributed by atoms with E-state index in [2.05, 4.69) is 47.4 Å². The zero-order chi connectivity index (χ0) is 18.1. The maximum atomic E-state index is 12.4. The highest BCUT2D eigenvalue weighted by molar-refractivity contribution is 7.16. The number of aryl methyl sites for hydroxylation is 3. The molecule has 2 aromatic rings. The molecule has 0 saturated heterocycles. The number of benzene rings is 1.